The van der Waals surface area contributed by atoms with Crippen molar-refractivity contribution >= 4 is 34.8 Å². The molecule has 1 atom stereocenters. The number of piperazine rings is 1. The van der Waals surface area contributed by atoms with Crippen LogP contribution in [0, 0.1) is 0 Å². The first-order valence-corrected chi connectivity index (χ1v) is 8.75. The quantitative estimate of drug-likeness (QED) is 0.923. The Kier molecular flexibility index (Phi) is 4.97. The molecule has 0 spiro atoms. The maximum absolute atomic E-state index is 12.3. The van der Waals surface area contributed by atoms with Crippen molar-refractivity contribution < 1.29 is 4.79 Å². The van der Waals surface area contributed by atoms with E-state index in [1.165, 1.54) is 11.3 Å². The molecule has 6 nitrogen and oxygen atoms in total. The molecule has 0 saturated carbocycles. The summed E-state index contributed by atoms with van der Waals surface area (Å²) in [6, 6.07) is 3.61. The van der Waals surface area contributed by atoms with Gasteiger partial charge in [-0.2, -0.15) is 0 Å². The van der Waals surface area contributed by atoms with Gasteiger partial charge in [0.05, 0.1) is 22.3 Å². The standard InChI is InChI=1S/C15H18ClN5OS/c1-11(13-9-23-10-18-13)19-15(22)21-6-4-20(5-7-21)14-3-2-12(16)8-17-14/h2-3,8-11H,4-7H2,1H3,(H,19,22). The highest BCUT2D eigenvalue weighted by molar-refractivity contribution is 7.07. The fourth-order valence-corrected chi connectivity index (χ4v) is 3.24. The van der Waals surface area contributed by atoms with Crippen LogP contribution in [0.15, 0.2) is 29.2 Å². The van der Waals surface area contributed by atoms with Crippen molar-refractivity contribution in [3.63, 3.8) is 0 Å². The summed E-state index contributed by atoms with van der Waals surface area (Å²) in [5.74, 6) is 0.894. The molecule has 122 valence electrons. The summed E-state index contributed by atoms with van der Waals surface area (Å²) >= 11 is 7.39. The molecular formula is C15H18ClN5OS. The van der Waals surface area contributed by atoms with Crippen LogP contribution in [0.1, 0.15) is 18.7 Å². The van der Waals surface area contributed by atoms with Crippen molar-refractivity contribution in [3.8, 4) is 0 Å². The number of aromatic nitrogens is 2. The Morgan fingerprint density at radius 3 is 2.70 bits per heavy atom. The first kappa shape index (κ1) is 16.0. The second kappa shape index (κ2) is 7.14. The molecule has 1 aliphatic heterocycles. The minimum absolute atomic E-state index is 0.0470. The Morgan fingerprint density at radius 2 is 2.09 bits per heavy atom. The third-order valence-corrected chi connectivity index (χ3v) is 4.67. The largest absolute Gasteiger partial charge is 0.353 e. The summed E-state index contributed by atoms with van der Waals surface area (Å²) in [6.45, 7) is 4.79. The average Bonchev–Trinajstić information content (AvgIpc) is 3.10. The van der Waals surface area contributed by atoms with Gasteiger partial charge in [-0.25, -0.2) is 14.8 Å². The van der Waals surface area contributed by atoms with E-state index in [0.29, 0.717) is 18.1 Å². The molecule has 0 aliphatic carbocycles. The van der Waals surface area contributed by atoms with Crippen LogP contribution in [0.25, 0.3) is 0 Å². The molecule has 0 bridgehead atoms. The summed E-state index contributed by atoms with van der Waals surface area (Å²) < 4.78 is 0. The Balaban J connectivity index is 1.52. The number of rotatable bonds is 3. The highest BCUT2D eigenvalue weighted by Crippen LogP contribution is 2.17. The lowest BCUT2D eigenvalue weighted by Crippen LogP contribution is -2.52. The molecule has 3 rings (SSSR count). The van der Waals surface area contributed by atoms with Crippen LogP contribution in [0.3, 0.4) is 0 Å². The molecule has 1 saturated heterocycles. The van der Waals surface area contributed by atoms with Crippen LogP contribution < -0.4 is 10.2 Å². The van der Waals surface area contributed by atoms with E-state index in [1.807, 2.05) is 29.3 Å². The molecule has 2 amide bonds. The van der Waals surface area contributed by atoms with Crippen molar-refractivity contribution in [3.05, 3.63) is 39.9 Å². The number of amides is 2. The predicted octanol–water partition coefficient (Wildman–Crippen LogP) is 2.78. The minimum Gasteiger partial charge on any atom is -0.353 e. The lowest BCUT2D eigenvalue weighted by molar-refractivity contribution is 0.191. The molecular weight excluding hydrogens is 334 g/mol. The number of anilines is 1. The van der Waals surface area contributed by atoms with E-state index in [-0.39, 0.29) is 12.1 Å². The number of hydrogen-bond acceptors (Lipinski definition) is 5. The van der Waals surface area contributed by atoms with Crippen LogP contribution in [0.5, 0.6) is 0 Å². The number of carbonyl (C=O) groups is 1. The summed E-state index contributed by atoms with van der Waals surface area (Å²) in [4.78, 5) is 24.9. The molecule has 1 fully saturated rings. The van der Waals surface area contributed by atoms with E-state index < -0.39 is 0 Å². The van der Waals surface area contributed by atoms with Gasteiger partial charge in [0.2, 0.25) is 0 Å². The fourth-order valence-electron chi connectivity index (χ4n) is 2.48. The van der Waals surface area contributed by atoms with Gasteiger partial charge in [0, 0.05) is 37.8 Å². The van der Waals surface area contributed by atoms with Crippen molar-refractivity contribution in [2.24, 2.45) is 0 Å². The molecule has 2 aromatic rings. The summed E-state index contributed by atoms with van der Waals surface area (Å²) in [5.41, 5.74) is 2.67. The van der Waals surface area contributed by atoms with Crippen molar-refractivity contribution in [1.82, 2.24) is 20.2 Å². The molecule has 1 N–H and O–H groups in total. The van der Waals surface area contributed by atoms with Crippen LogP contribution in [0.4, 0.5) is 10.6 Å². The topological polar surface area (TPSA) is 61.4 Å². The molecule has 3 heterocycles. The highest BCUT2D eigenvalue weighted by Gasteiger charge is 2.23. The second-order valence-corrected chi connectivity index (χ2v) is 6.55. The zero-order chi connectivity index (χ0) is 16.2. The van der Waals surface area contributed by atoms with Gasteiger partial charge in [0.1, 0.15) is 5.82 Å². The van der Waals surface area contributed by atoms with Crippen molar-refractivity contribution in [2.75, 3.05) is 31.1 Å². The monoisotopic (exact) mass is 351 g/mol. The molecule has 1 aliphatic rings. The van der Waals surface area contributed by atoms with E-state index in [1.54, 1.807) is 11.7 Å². The number of urea groups is 1. The number of nitrogens with one attached hydrogen (secondary N) is 1. The highest BCUT2D eigenvalue weighted by atomic mass is 35.5. The van der Waals surface area contributed by atoms with Crippen LogP contribution in [-0.4, -0.2) is 47.1 Å². The number of halogens is 1. The Bertz CT molecular complexity index is 640. The SMILES string of the molecule is CC(NC(=O)N1CCN(c2ccc(Cl)cn2)CC1)c1cscn1. The maximum atomic E-state index is 12.3. The first-order chi connectivity index (χ1) is 11.1. The fraction of sp³-hybridized carbons (Fsp3) is 0.400. The number of carbonyl (C=O) groups excluding carboxylic acids is 1. The van der Waals surface area contributed by atoms with Gasteiger partial charge in [-0.05, 0) is 19.1 Å². The number of hydrogen-bond donors (Lipinski definition) is 1. The van der Waals surface area contributed by atoms with Gasteiger partial charge in [-0.15, -0.1) is 11.3 Å². The summed E-state index contributed by atoms with van der Waals surface area (Å²) in [5, 5.41) is 5.57. The van der Waals surface area contributed by atoms with Gasteiger partial charge in [-0.1, -0.05) is 11.6 Å². The lowest BCUT2D eigenvalue weighted by Gasteiger charge is -2.35. The van der Waals surface area contributed by atoms with E-state index in [2.05, 4.69) is 20.2 Å². The van der Waals surface area contributed by atoms with Crippen molar-refractivity contribution in [2.45, 2.75) is 13.0 Å². The zero-order valence-corrected chi connectivity index (χ0v) is 14.3. The smallest absolute Gasteiger partial charge is 0.318 e. The van der Waals surface area contributed by atoms with Crippen LogP contribution >= 0.6 is 22.9 Å². The molecule has 8 heteroatoms. The van der Waals surface area contributed by atoms with Gasteiger partial charge in [-0.3, -0.25) is 0 Å². The number of thiazole rings is 1. The Labute approximate surface area is 144 Å². The lowest BCUT2D eigenvalue weighted by atomic mass is 10.2. The molecule has 1 unspecified atom stereocenters. The van der Waals surface area contributed by atoms with Gasteiger partial charge in [0.15, 0.2) is 0 Å². The van der Waals surface area contributed by atoms with Crippen molar-refractivity contribution in [1.29, 1.82) is 0 Å². The van der Waals surface area contributed by atoms with Crippen LogP contribution in [-0.2, 0) is 0 Å². The normalized spacial score (nSPS) is 16.3. The molecule has 0 aromatic carbocycles. The van der Waals surface area contributed by atoms with E-state index in [9.17, 15) is 4.79 Å². The maximum Gasteiger partial charge on any atom is 0.318 e. The number of nitrogens with zero attached hydrogens (tertiary/aromatic N) is 4. The zero-order valence-electron chi connectivity index (χ0n) is 12.8. The minimum atomic E-state index is -0.0790. The van der Waals surface area contributed by atoms with E-state index in [4.69, 9.17) is 11.6 Å². The Hall–Kier alpha value is -1.86. The van der Waals surface area contributed by atoms with E-state index in [0.717, 1.165) is 24.6 Å². The van der Waals surface area contributed by atoms with Gasteiger partial charge >= 0.3 is 6.03 Å². The predicted molar refractivity (Wildman–Crippen MR) is 92.1 cm³/mol. The summed E-state index contributed by atoms with van der Waals surface area (Å²) in [7, 11) is 0. The second-order valence-electron chi connectivity index (χ2n) is 5.39. The third kappa shape index (κ3) is 3.92. The summed E-state index contributed by atoms with van der Waals surface area (Å²) in [6.07, 6.45) is 1.64. The molecule has 23 heavy (non-hydrogen) atoms. The van der Waals surface area contributed by atoms with Gasteiger partial charge < -0.3 is 15.1 Å². The first-order valence-electron chi connectivity index (χ1n) is 7.43. The third-order valence-electron chi connectivity index (χ3n) is 3.84. The number of pyridine rings is 1. The Morgan fingerprint density at radius 1 is 1.30 bits per heavy atom. The average molecular weight is 352 g/mol. The molecule has 0 radical (unpaired) electrons. The molecule has 2 aromatic heterocycles. The van der Waals surface area contributed by atoms with Gasteiger partial charge in [0.25, 0.3) is 0 Å². The van der Waals surface area contributed by atoms with E-state index >= 15 is 0 Å². The van der Waals surface area contributed by atoms with Crippen LogP contribution in [0.2, 0.25) is 5.02 Å².